The molecular weight excluding hydrogens is 459 g/mol. The topological polar surface area (TPSA) is 143 Å². The molecule has 0 fully saturated rings. The summed E-state index contributed by atoms with van der Waals surface area (Å²) in [5.74, 6) is 0.128. The largest absolute Gasteiger partial charge is 0.462 e. The predicted molar refractivity (Wildman–Crippen MR) is 128 cm³/mol. The van der Waals surface area contributed by atoms with E-state index in [0.717, 1.165) is 0 Å². The minimum Gasteiger partial charge on any atom is -0.462 e. The fourth-order valence-corrected chi connectivity index (χ4v) is 5.17. The van der Waals surface area contributed by atoms with Gasteiger partial charge in [0, 0.05) is 0 Å². The number of hydrogen-bond donors (Lipinski definition) is 2. The third kappa shape index (κ3) is 6.53. The van der Waals surface area contributed by atoms with Crippen LogP contribution in [0.5, 0.6) is 5.75 Å². The molecule has 0 amide bonds. The number of para-hydroxylation sites is 1. The molecule has 3 aromatic rings. The summed E-state index contributed by atoms with van der Waals surface area (Å²) in [6.07, 6.45) is 1.96. The Labute approximate surface area is 198 Å². The van der Waals surface area contributed by atoms with E-state index in [-0.39, 0.29) is 18.3 Å². The third-order valence-electron chi connectivity index (χ3n) is 4.71. The van der Waals surface area contributed by atoms with Crippen LogP contribution < -0.4 is 15.3 Å². The van der Waals surface area contributed by atoms with Crippen LogP contribution in [0.2, 0.25) is 0 Å². The maximum Gasteiger partial charge on any atom is 0.342 e. The SMILES string of the molecule is CC(C)OC(=O)C(C)(C)NP(=O)(COC(C)Cn1cnc2c(N)ncnc21)Oc1ccccc1. The van der Waals surface area contributed by atoms with Crippen molar-refractivity contribution in [1.82, 2.24) is 24.6 Å². The highest BCUT2D eigenvalue weighted by atomic mass is 31.2. The molecule has 2 atom stereocenters. The summed E-state index contributed by atoms with van der Waals surface area (Å²) in [5, 5.41) is 2.85. The monoisotopic (exact) mass is 490 g/mol. The van der Waals surface area contributed by atoms with Crippen molar-refractivity contribution in [2.45, 2.75) is 58.9 Å². The Hall–Kier alpha value is -3.01. The van der Waals surface area contributed by atoms with E-state index in [4.69, 9.17) is 19.7 Å². The molecule has 12 heteroatoms. The van der Waals surface area contributed by atoms with Crippen LogP contribution in [0.4, 0.5) is 5.82 Å². The second-order valence-corrected chi connectivity index (χ2v) is 10.7. The number of anilines is 1. The second kappa shape index (κ2) is 10.5. The van der Waals surface area contributed by atoms with Crippen molar-refractivity contribution in [2.24, 2.45) is 0 Å². The van der Waals surface area contributed by atoms with Crippen molar-refractivity contribution in [1.29, 1.82) is 0 Å². The van der Waals surface area contributed by atoms with E-state index in [9.17, 15) is 9.36 Å². The van der Waals surface area contributed by atoms with Crippen molar-refractivity contribution in [3.63, 3.8) is 0 Å². The van der Waals surface area contributed by atoms with Gasteiger partial charge >= 0.3 is 13.5 Å². The molecule has 0 aliphatic carbocycles. The van der Waals surface area contributed by atoms with E-state index < -0.39 is 25.1 Å². The quantitative estimate of drug-likeness (QED) is 0.303. The van der Waals surface area contributed by atoms with E-state index in [0.29, 0.717) is 23.5 Å². The number of imidazole rings is 1. The van der Waals surface area contributed by atoms with Crippen molar-refractivity contribution >= 4 is 30.5 Å². The molecule has 0 aliphatic rings. The molecule has 0 saturated heterocycles. The molecule has 2 unspecified atom stereocenters. The zero-order valence-corrected chi connectivity index (χ0v) is 20.9. The Morgan fingerprint density at radius 3 is 2.56 bits per heavy atom. The fraction of sp³-hybridized carbons (Fsp3) is 0.455. The van der Waals surface area contributed by atoms with Gasteiger partial charge in [0.25, 0.3) is 0 Å². The predicted octanol–water partition coefficient (Wildman–Crippen LogP) is 3.36. The van der Waals surface area contributed by atoms with Crippen molar-refractivity contribution in [3.8, 4) is 5.75 Å². The number of benzene rings is 1. The highest BCUT2D eigenvalue weighted by molar-refractivity contribution is 7.57. The smallest absolute Gasteiger partial charge is 0.342 e. The summed E-state index contributed by atoms with van der Waals surface area (Å²) >= 11 is 0. The van der Waals surface area contributed by atoms with Crippen LogP contribution in [0.3, 0.4) is 0 Å². The van der Waals surface area contributed by atoms with Gasteiger partial charge in [0.15, 0.2) is 11.5 Å². The number of carbonyl (C=O) groups excluding carboxylic acids is 1. The molecule has 0 spiro atoms. The summed E-state index contributed by atoms with van der Waals surface area (Å²) in [7, 11) is -3.70. The Morgan fingerprint density at radius 1 is 1.18 bits per heavy atom. The van der Waals surface area contributed by atoms with E-state index >= 15 is 0 Å². The number of ether oxygens (including phenoxy) is 2. The molecule has 2 heterocycles. The van der Waals surface area contributed by atoms with Crippen LogP contribution in [0.25, 0.3) is 11.2 Å². The number of aromatic nitrogens is 4. The Kier molecular flexibility index (Phi) is 7.91. The Bertz CT molecular complexity index is 1170. The van der Waals surface area contributed by atoms with E-state index in [1.165, 1.54) is 6.33 Å². The molecule has 1 aromatic carbocycles. The lowest BCUT2D eigenvalue weighted by molar-refractivity contribution is -0.153. The van der Waals surface area contributed by atoms with E-state index in [2.05, 4.69) is 20.0 Å². The first-order valence-electron chi connectivity index (χ1n) is 10.9. The molecule has 0 radical (unpaired) electrons. The molecule has 3 N–H and O–H groups in total. The lowest BCUT2D eigenvalue weighted by atomic mass is 10.1. The van der Waals surface area contributed by atoms with E-state index in [1.54, 1.807) is 62.9 Å². The Balaban J connectivity index is 1.74. The molecule has 34 heavy (non-hydrogen) atoms. The first-order chi connectivity index (χ1) is 16.0. The average molecular weight is 491 g/mol. The van der Waals surface area contributed by atoms with Crippen LogP contribution in [0, 0.1) is 0 Å². The highest BCUT2D eigenvalue weighted by Gasteiger charge is 2.39. The number of fused-ring (bicyclic) bond motifs is 1. The molecule has 184 valence electrons. The molecule has 3 rings (SSSR count). The van der Waals surface area contributed by atoms with Crippen LogP contribution in [0.15, 0.2) is 43.0 Å². The van der Waals surface area contributed by atoms with Crippen LogP contribution in [0.1, 0.15) is 34.6 Å². The number of nitrogens with zero attached hydrogens (tertiary/aromatic N) is 4. The van der Waals surface area contributed by atoms with Crippen molar-refractivity contribution in [2.75, 3.05) is 12.1 Å². The maximum absolute atomic E-state index is 13.8. The zero-order chi connectivity index (χ0) is 24.9. The summed E-state index contributed by atoms with van der Waals surface area (Å²) in [4.78, 5) is 25.0. The van der Waals surface area contributed by atoms with Gasteiger partial charge in [0.1, 0.15) is 29.5 Å². The summed E-state index contributed by atoms with van der Waals surface area (Å²) in [6, 6.07) is 8.70. The number of hydrogen-bond acceptors (Lipinski definition) is 9. The summed E-state index contributed by atoms with van der Waals surface area (Å²) in [5.41, 5.74) is 5.63. The minimum absolute atomic E-state index is 0.287. The second-order valence-electron chi connectivity index (χ2n) is 8.70. The first kappa shape index (κ1) is 25.6. The molecule has 0 aliphatic heterocycles. The Morgan fingerprint density at radius 2 is 1.88 bits per heavy atom. The minimum atomic E-state index is -3.70. The highest BCUT2D eigenvalue weighted by Crippen LogP contribution is 2.45. The zero-order valence-electron chi connectivity index (χ0n) is 20.0. The number of nitrogens with one attached hydrogen (secondary N) is 1. The number of esters is 1. The molecule has 2 aromatic heterocycles. The fourth-order valence-electron chi connectivity index (χ4n) is 3.15. The van der Waals surface area contributed by atoms with Crippen LogP contribution in [-0.2, 0) is 25.4 Å². The van der Waals surface area contributed by atoms with Gasteiger partial charge in [-0.1, -0.05) is 18.2 Å². The number of rotatable bonds is 11. The lowest BCUT2D eigenvalue weighted by Gasteiger charge is -2.31. The van der Waals surface area contributed by atoms with Gasteiger partial charge < -0.3 is 24.3 Å². The summed E-state index contributed by atoms with van der Waals surface area (Å²) < 4.78 is 32.6. The number of carbonyl (C=O) groups is 1. The van der Waals surface area contributed by atoms with Gasteiger partial charge in [0.2, 0.25) is 0 Å². The molecule has 0 saturated carbocycles. The van der Waals surface area contributed by atoms with Crippen LogP contribution in [-0.4, -0.2) is 49.6 Å². The molecular formula is C22H31N6O5P. The number of nitrogens with two attached hydrogens (primary N) is 1. The van der Waals surface area contributed by atoms with Gasteiger partial charge in [-0.15, -0.1) is 0 Å². The number of nitrogen functional groups attached to an aromatic ring is 1. The normalized spacial score (nSPS) is 14.6. The van der Waals surface area contributed by atoms with Crippen molar-refractivity contribution in [3.05, 3.63) is 43.0 Å². The van der Waals surface area contributed by atoms with Gasteiger partial charge in [0.05, 0.1) is 25.1 Å². The molecule has 0 bridgehead atoms. The summed E-state index contributed by atoms with van der Waals surface area (Å²) in [6.45, 7) is 8.86. The van der Waals surface area contributed by atoms with Crippen LogP contribution >= 0.6 is 7.52 Å². The molecule has 11 nitrogen and oxygen atoms in total. The average Bonchev–Trinajstić information content (AvgIpc) is 3.16. The van der Waals surface area contributed by atoms with Crippen molar-refractivity contribution < 1.29 is 23.4 Å². The van der Waals surface area contributed by atoms with Gasteiger partial charge in [-0.3, -0.25) is 9.36 Å². The van der Waals surface area contributed by atoms with Gasteiger partial charge in [-0.2, -0.15) is 0 Å². The lowest BCUT2D eigenvalue weighted by Crippen LogP contribution is -2.48. The van der Waals surface area contributed by atoms with Gasteiger partial charge in [-0.05, 0) is 46.8 Å². The van der Waals surface area contributed by atoms with E-state index in [1.807, 2.05) is 13.0 Å². The van der Waals surface area contributed by atoms with Gasteiger partial charge in [-0.25, -0.2) is 20.0 Å². The third-order valence-corrected chi connectivity index (χ3v) is 6.61. The first-order valence-corrected chi connectivity index (χ1v) is 12.7. The standard InChI is InChI=1S/C22H31N6O5P/c1-15(2)32-21(29)22(4,5)27-34(30,33-17-9-7-6-8-10-17)14-31-16(3)11-28-13-26-18-19(23)24-12-25-20(18)28/h6-10,12-13,15-16H,11,14H2,1-5H3,(H,27,30)(H2,23,24,25). The maximum atomic E-state index is 13.8.